The summed E-state index contributed by atoms with van der Waals surface area (Å²) in [5, 5.41) is 6.48. The summed E-state index contributed by atoms with van der Waals surface area (Å²) in [6, 6.07) is 11.0. The Morgan fingerprint density at radius 3 is 2.89 bits per heavy atom. The van der Waals surface area contributed by atoms with Gasteiger partial charge in [-0.1, -0.05) is 17.7 Å². The Hall–Kier alpha value is -4.44. The van der Waals surface area contributed by atoms with Crippen molar-refractivity contribution in [3.05, 3.63) is 89.5 Å². The maximum absolute atomic E-state index is 13.0. The zero-order chi connectivity index (χ0) is 25.4. The van der Waals surface area contributed by atoms with Crippen molar-refractivity contribution >= 4 is 46.6 Å². The van der Waals surface area contributed by atoms with E-state index in [1.807, 2.05) is 12.3 Å². The number of nitrogens with zero attached hydrogens (tertiary/aromatic N) is 5. The van der Waals surface area contributed by atoms with E-state index in [1.165, 1.54) is 24.7 Å². The van der Waals surface area contributed by atoms with Crippen LogP contribution in [-0.2, 0) is 20.9 Å². The smallest absolute Gasteiger partial charge is 0.294 e. The number of halogens is 1. The van der Waals surface area contributed by atoms with Crippen molar-refractivity contribution in [1.82, 2.24) is 23.8 Å². The summed E-state index contributed by atoms with van der Waals surface area (Å²) in [5.74, 6) is 0.379. The van der Waals surface area contributed by atoms with Crippen molar-refractivity contribution < 1.29 is 14.3 Å². The number of carbonyl (C=O) groups is 2. The van der Waals surface area contributed by atoms with Gasteiger partial charge >= 0.3 is 0 Å². The number of hydrogen-bond donors (Lipinski definition) is 2. The van der Waals surface area contributed by atoms with E-state index in [1.54, 1.807) is 41.1 Å². The number of anilines is 2. The van der Waals surface area contributed by atoms with Crippen LogP contribution in [0.2, 0.25) is 5.02 Å². The Balaban J connectivity index is 1.15. The lowest BCUT2D eigenvalue weighted by molar-refractivity contribution is -0.142. The fourth-order valence-electron chi connectivity index (χ4n) is 4.29. The molecule has 5 aromatic rings. The number of amides is 1. The molecule has 11 heteroatoms. The Bertz CT molecular complexity index is 1630. The highest BCUT2D eigenvalue weighted by atomic mass is 35.5. The number of aromatic nitrogens is 5. The van der Waals surface area contributed by atoms with Gasteiger partial charge < -0.3 is 24.2 Å². The van der Waals surface area contributed by atoms with Crippen molar-refractivity contribution in [2.45, 2.75) is 31.4 Å². The lowest BCUT2D eigenvalue weighted by Crippen LogP contribution is -2.24. The molecule has 1 saturated carbocycles. The van der Waals surface area contributed by atoms with E-state index in [2.05, 4.69) is 42.2 Å². The van der Waals surface area contributed by atoms with Crippen LogP contribution >= 0.6 is 11.6 Å². The molecule has 37 heavy (non-hydrogen) atoms. The van der Waals surface area contributed by atoms with Crippen molar-refractivity contribution in [2.75, 3.05) is 10.6 Å². The first-order valence-electron chi connectivity index (χ1n) is 11.8. The first kappa shape index (κ1) is 23.0. The molecule has 1 atom stereocenters. The number of rotatable bonds is 9. The van der Waals surface area contributed by atoms with Gasteiger partial charge in [-0.05, 0) is 48.6 Å². The van der Waals surface area contributed by atoms with Crippen LogP contribution in [0.5, 0.6) is 0 Å². The largest absolute Gasteiger partial charge is 0.448 e. The highest BCUT2D eigenvalue weighted by Gasteiger charge is 2.27. The second kappa shape index (κ2) is 9.55. The molecule has 0 spiro atoms. The molecule has 2 N–H and O–H groups in total. The molecular weight excluding hydrogens is 494 g/mol. The molecule has 1 aliphatic rings. The third-order valence-electron chi connectivity index (χ3n) is 6.27. The zero-order valence-corrected chi connectivity index (χ0v) is 20.3. The number of nitrogens with one attached hydrogen (secondary N) is 2. The Labute approximate surface area is 216 Å². The first-order chi connectivity index (χ1) is 18.1. The minimum absolute atomic E-state index is 0.216. The lowest BCUT2D eigenvalue weighted by Gasteiger charge is -2.14. The Kier molecular flexibility index (Phi) is 5.93. The van der Waals surface area contributed by atoms with E-state index in [0.717, 1.165) is 17.0 Å². The highest BCUT2D eigenvalue weighted by molar-refractivity contribution is 6.30. The summed E-state index contributed by atoms with van der Waals surface area (Å²) in [6.45, 7) is 0.712. The van der Waals surface area contributed by atoms with Crippen molar-refractivity contribution in [3.8, 4) is 0 Å². The van der Waals surface area contributed by atoms with Crippen LogP contribution in [0.4, 0.5) is 11.5 Å². The maximum atomic E-state index is 13.0. The molecule has 0 aliphatic heterocycles. The monoisotopic (exact) mass is 515 g/mol. The van der Waals surface area contributed by atoms with Gasteiger partial charge in [0.15, 0.2) is 0 Å². The summed E-state index contributed by atoms with van der Waals surface area (Å²) >= 11 is 6.10. The summed E-state index contributed by atoms with van der Waals surface area (Å²) in [5.41, 5.74) is 4.70. The number of ether oxygens (including phenoxy) is 1. The van der Waals surface area contributed by atoms with Crippen LogP contribution in [0.15, 0.2) is 67.5 Å². The minimum atomic E-state index is -1.28. The highest BCUT2D eigenvalue weighted by Crippen LogP contribution is 2.39. The average Bonchev–Trinajstić information content (AvgIpc) is 3.55. The number of fused-ring (bicyclic) bond motifs is 2. The van der Waals surface area contributed by atoms with Crippen LogP contribution in [0.3, 0.4) is 0 Å². The van der Waals surface area contributed by atoms with Crippen LogP contribution in [0, 0.1) is 0 Å². The van der Waals surface area contributed by atoms with Crippen LogP contribution in [-0.4, -0.2) is 36.1 Å². The van der Waals surface area contributed by atoms with E-state index in [-0.39, 0.29) is 12.2 Å². The Morgan fingerprint density at radius 1 is 1.16 bits per heavy atom. The molecule has 5 aromatic heterocycles. The van der Waals surface area contributed by atoms with Gasteiger partial charge in [0.05, 0.1) is 24.1 Å². The van der Waals surface area contributed by atoms with Crippen molar-refractivity contribution in [3.63, 3.8) is 0 Å². The Morgan fingerprint density at radius 2 is 2.05 bits per heavy atom. The molecule has 1 fully saturated rings. The van der Waals surface area contributed by atoms with Gasteiger partial charge in [0.2, 0.25) is 6.10 Å². The molecular formula is C26H22ClN7O3. The van der Waals surface area contributed by atoms with Gasteiger partial charge in [-0.3, -0.25) is 9.59 Å². The maximum Gasteiger partial charge on any atom is 0.294 e. The standard InChI is InChI=1S/C26H22ClN7O3/c27-18-6-8-33-14-30-24(21(33)9-18)25(37-15-35)26(36)32-22-10-19(5-7-28-22)29-11-20-13-34-12-17(16-1-2-16)3-4-23(34)31-20/h3-10,12-16,25H,1-2,11H2,(H2,28,29,32,36). The first-order valence-corrected chi connectivity index (χ1v) is 12.1. The van der Waals surface area contributed by atoms with Gasteiger partial charge in [0.1, 0.15) is 17.2 Å². The van der Waals surface area contributed by atoms with Crippen molar-refractivity contribution in [1.29, 1.82) is 0 Å². The molecule has 0 bridgehead atoms. The van der Waals surface area contributed by atoms with Gasteiger partial charge in [-0.2, -0.15) is 0 Å². The normalized spacial score (nSPS) is 14.0. The summed E-state index contributed by atoms with van der Waals surface area (Å²) < 4.78 is 8.84. The average molecular weight is 516 g/mol. The summed E-state index contributed by atoms with van der Waals surface area (Å²) in [7, 11) is 0. The SMILES string of the molecule is O=COC(C(=O)Nc1cc(NCc2cn3cc(C4CC4)ccc3n2)ccn1)c1ncn2ccc(Cl)cc12. The minimum Gasteiger partial charge on any atom is -0.448 e. The second-order valence-corrected chi connectivity index (χ2v) is 9.32. The molecule has 6 rings (SSSR count). The summed E-state index contributed by atoms with van der Waals surface area (Å²) in [4.78, 5) is 37.4. The lowest BCUT2D eigenvalue weighted by atomic mass is 10.2. The van der Waals surface area contributed by atoms with E-state index in [9.17, 15) is 9.59 Å². The van der Waals surface area contributed by atoms with E-state index in [4.69, 9.17) is 16.3 Å². The predicted octanol–water partition coefficient (Wildman–Crippen LogP) is 4.37. The van der Waals surface area contributed by atoms with E-state index >= 15 is 0 Å². The molecule has 186 valence electrons. The van der Waals surface area contributed by atoms with Crippen molar-refractivity contribution in [2.24, 2.45) is 0 Å². The van der Waals surface area contributed by atoms with Gasteiger partial charge in [-0.15, -0.1) is 0 Å². The second-order valence-electron chi connectivity index (χ2n) is 8.89. The van der Waals surface area contributed by atoms with Gasteiger partial charge in [0, 0.05) is 41.6 Å². The fourth-order valence-corrected chi connectivity index (χ4v) is 4.45. The molecule has 0 radical (unpaired) electrons. The topological polar surface area (TPSA) is 115 Å². The fraction of sp³-hybridized carbons (Fsp3) is 0.192. The summed E-state index contributed by atoms with van der Waals surface area (Å²) in [6.07, 6.45) is 10.2. The third kappa shape index (κ3) is 4.83. The number of imidazole rings is 2. The van der Waals surface area contributed by atoms with Crippen LogP contribution in [0.1, 0.15) is 41.8 Å². The number of pyridine rings is 3. The quantitative estimate of drug-likeness (QED) is 0.280. The molecule has 10 nitrogen and oxygen atoms in total. The molecule has 0 saturated heterocycles. The molecule has 1 aliphatic carbocycles. The molecule has 0 aromatic carbocycles. The molecule has 5 heterocycles. The van der Waals surface area contributed by atoms with E-state index < -0.39 is 12.0 Å². The number of carbonyl (C=O) groups excluding carboxylic acids is 2. The number of hydrogen-bond acceptors (Lipinski definition) is 7. The molecule has 1 unspecified atom stereocenters. The van der Waals surface area contributed by atoms with Gasteiger partial charge in [0.25, 0.3) is 12.4 Å². The predicted molar refractivity (Wildman–Crippen MR) is 137 cm³/mol. The van der Waals surface area contributed by atoms with Crippen LogP contribution in [0.25, 0.3) is 11.2 Å². The third-order valence-corrected chi connectivity index (χ3v) is 6.50. The van der Waals surface area contributed by atoms with Gasteiger partial charge in [-0.25, -0.2) is 15.0 Å². The zero-order valence-electron chi connectivity index (χ0n) is 19.5. The molecule has 1 amide bonds. The van der Waals surface area contributed by atoms with E-state index in [0.29, 0.717) is 28.8 Å². The van der Waals surface area contributed by atoms with Crippen LogP contribution < -0.4 is 10.6 Å².